The third-order valence-corrected chi connectivity index (χ3v) is 6.09. The molecule has 3 heteroatoms. The first-order valence-electron chi connectivity index (χ1n) is 7.47. The molecule has 2 saturated heterocycles. The Hall–Kier alpha value is 0.400. The molecular weight excluding hydrogens is 292 g/mol. The number of ether oxygens (including phenoxy) is 2. The first kappa shape index (κ1) is 14.8. The highest BCUT2D eigenvalue weighted by atomic mass is 79.9. The van der Waals surface area contributed by atoms with Crippen molar-refractivity contribution in [3.8, 4) is 0 Å². The standard InChI is InChI=1S/C15H27BrO2/c1-12(2)14(16)4-3-13-5-8-18-15(11-13)6-9-17-10-7-15/h12-14H,3-11H2,1-2H3. The molecule has 0 bridgehead atoms. The molecule has 106 valence electrons. The minimum absolute atomic E-state index is 0.167. The van der Waals surface area contributed by atoms with Gasteiger partial charge in [-0.2, -0.15) is 0 Å². The van der Waals surface area contributed by atoms with Crippen LogP contribution in [0.2, 0.25) is 0 Å². The lowest BCUT2D eigenvalue weighted by atomic mass is 9.79. The van der Waals surface area contributed by atoms with Crippen molar-refractivity contribution in [2.24, 2.45) is 11.8 Å². The van der Waals surface area contributed by atoms with E-state index < -0.39 is 0 Å². The van der Waals surface area contributed by atoms with Gasteiger partial charge >= 0.3 is 0 Å². The van der Waals surface area contributed by atoms with Crippen molar-refractivity contribution in [1.29, 1.82) is 0 Å². The quantitative estimate of drug-likeness (QED) is 0.724. The summed E-state index contributed by atoms with van der Waals surface area (Å²) >= 11 is 3.81. The van der Waals surface area contributed by atoms with Crippen LogP contribution in [-0.4, -0.2) is 30.2 Å². The van der Waals surface area contributed by atoms with E-state index in [1.165, 1.54) is 25.7 Å². The van der Waals surface area contributed by atoms with E-state index in [4.69, 9.17) is 9.47 Å². The number of hydrogen-bond acceptors (Lipinski definition) is 2. The summed E-state index contributed by atoms with van der Waals surface area (Å²) in [4.78, 5) is 0.672. The number of rotatable bonds is 4. The maximum absolute atomic E-state index is 6.10. The summed E-state index contributed by atoms with van der Waals surface area (Å²) in [6.07, 6.45) is 7.36. The van der Waals surface area contributed by atoms with Crippen molar-refractivity contribution in [3.63, 3.8) is 0 Å². The van der Waals surface area contributed by atoms with Gasteiger partial charge in [0.05, 0.1) is 5.60 Å². The van der Waals surface area contributed by atoms with Crippen LogP contribution in [-0.2, 0) is 9.47 Å². The maximum atomic E-state index is 6.10. The predicted molar refractivity (Wildman–Crippen MR) is 78.2 cm³/mol. The summed E-state index contributed by atoms with van der Waals surface area (Å²) in [7, 11) is 0. The minimum atomic E-state index is 0.167. The highest BCUT2D eigenvalue weighted by Crippen LogP contribution is 2.39. The molecule has 0 aromatic rings. The van der Waals surface area contributed by atoms with Crippen molar-refractivity contribution >= 4 is 15.9 Å². The van der Waals surface area contributed by atoms with Gasteiger partial charge in [0.1, 0.15) is 0 Å². The van der Waals surface area contributed by atoms with Crippen LogP contribution in [0.1, 0.15) is 52.4 Å². The summed E-state index contributed by atoms with van der Waals surface area (Å²) in [5.41, 5.74) is 0.167. The summed E-state index contributed by atoms with van der Waals surface area (Å²) in [6.45, 7) is 7.32. The Kier molecular flexibility index (Phi) is 5.52. The number of hydrogen-bond donors (Lipinski definition) is 0. The molecule has 1 spiro atoms. The van der Waals surface area contributed by atoms with Gasteiger partial charge in [0.25, 0.3) is 0 Å². The Morgan fingerprint density at radius 1 is 1.22 bits per heavy atom. The SMILES string of the molecule is CC(C)C(Br)CCC1CCOC2(CCOCC2)C1. The molecule has 0 aromatic heterocycles. The van der Waals surface area contributed by atoms with E-state index in [1.807, 2.05) is 0 Å². The highest BCUT2D eigenvalue weighted by Gasteiger charge is 2.38. The van der Waals surface area contributed by atoms with E-state index >= 15 is 0 Å². The number of alkyl halides is 1. The zero-order chi connectivity index (χ0) is 13.0. The van der Waals surface area contributed by atoms with Gasteiger partial charge in [-0.05, 0) is 50.4 Å². The largest absolute Gasteiger partial charge is 0.381 e. The first-order chi connectivity index (χ1) is 8.61. The summed E-state index contributed by atoms with van der Waals surface area (Å²) in [6, 6.07) is 0. The van der Waals surface area contributed by atoms with E-state index in [-0.39, 0.29) is 5.60 Å². The van der Waals surface area contributed by atoms with E-state index in [1.54, 1.807) is 0 Å². The molecule has 2 unspecified atom stereocenters. The fourth-order valence-electron chi connectivity index (χ4n) is 3.20. The smallest absolute Gasteiger partial charge is 0.0729 e. The van der Waals surface area contributed by atoms with Crippen LogP contribution in [0.25, 0.3) is 0 Å². The lowest BCUT2D eigenvalue weighted by molar-refractivity contribution is -0.147. The lowest BCUT2D eigenvalue weighted by Gasteiger charge is -2.43. The van der Waals surface area contributed by atoms with Gasteiger partial charge in [-0.25, -0.2) is 0 Å². The molecule has 2 heterocycles. The van der Waals surface area contributed by atoms with Crippen molar-refractivity contribution in [2.45, 2.75) is 62.8 Å². The van der Waals surface area contributed by atoms with Crippen LogP contribution in [0.15, 0.2) is 0 Å². The summed E-state index contributed by atoms with van der Waals surface area (Å²) in [5, 5.41) is 0. The van der Waals surface area contributed by atoms with Crippen LogP contribution < -0.4 is 0 Å². The molecule has 2 fully saturated rings. The third-order valence-electron chi connectivity index (χ3n) is 4.57. The fraction of sp³-hybridized carbons (Fsp3) is 1.00. The van der Waals surface area contributed by atoms with Crippen LogP contribution in [0, 0.1) is 11.8 Å². The van der Waals surface area contributed by atoms with Crippen molar-refractivity contribution < 1.29 is 9.47 Å². The first-order valence-corrected chi connectivity index (χ1v) is 8.39. The monoisotopic (exact) mass is 318 g/mol. The lowest BCUT2D eigenvalue weighted by Crippen LogP contribution is -2.44. The zero-order valence-corrected chi connectivity index (χ0v) is 13.4. The zero-order valence-electron chi connectivity index (χ0n) is 11.8. The Labute approximate surface area is 120 Å². The molecule has 0 N–H and O–H groups in total. The van der Waals surface area contributed by atoms with E-state index in [2.05, 4.69) is 29.8 Å². The van der Waals surface area contributed by atoms with Gasteiger partial charge in [0.15, 0.2) is 0 Å². The van der Waals surface area contributed by atoms with Crippen molar-refractivity contribution in [1.82, 2.24) is 0 Å². The molecule has 0 amide bonds. The molecular formula is C15H27BrO2. The van der Waals surface area contributed by atoms with Crippen LogP contribution in [0.3, 0.4) is 0 Å². The van der Waals surface area contributed by atoms with Gasteiger partial charge < -0.3 is 9.47 Å². The van der Waals surface area contributed by atoms with Crippen LogP contribution >= 0.6 is 15.9 Å². The average molecular weight is 319 g/mol. The van der Waals surface area contributed by atoms with E-state index in [0.717, 1.165) is 44.5 Å². The van der Waals surface area contributed by atoms with Gasteiger partial charge in [0.2, 0.25) is 0 Å². The van der Waals surface area contributed by atoms with Gasteiger partial charge in [-0.15, -0.1) is 0 Å². The Morgan fingerprint density at radius 3 is 2.61 bits per heavy atom. The highest BCUT2D eigenvalue weighted by molar-refractivity contribution is 9.09. The number of halogens is 1. The minimum Gasteiger partial charge on any atom is -0.381 e. The van der Waals surface area contributed by atoms with Gasteiger partial charge in [-0.1, -0.05) is 29.8 Å². The molecule has 0 aliphatic carbocycles. The van der Waals surface area contributed by atoms with Crippen molar-refractivity contribution in [3.05, 3.63) is 0 Å². The predicted octanol–water partition coefficient (Wildman–Crippen LogP) is 4.16. The second-order valence-electron chi connectivity index (χ2n) is 6.34. The topological polar surface area (TPSA) is 18.5 Å². The fourth-order valence-corrected chi connectivity index (χ4v) is 3.46. The molecule has 2 nitrogen and oxygen atoms in total. The molecule has 0 saturated carbocycles. The van der Waals surface area contributed by atoms with Crippen LogP contribution in [0.4, 0.5) is 0 Å². The van der Waals surface area contributed by atoms with E-state index in [0.29, 0.717) is 4.83 Å². The molecule has 0 aromatic carbocycles. The molecule has 0 radical (unpaired) electrons. The third kappa shape index (κ3) is 3.94. The molecule has 2 aliphatic heterocycles. The summed E-state index contributed by atoms with van der Waals surface area (Å²) in [5.74, 6) is 1.59. The maximum Gasteiger partial charge on any atom is 0.0729 e. The molecule has 18 heavy (non-hydrogen) atoms. The average Bonchev–Trinajstić information content (AvgIpc) is 2.37. The van der Waals surface area contributed by atoms with Crippen molar-refractivity contribution in [2.75, 3.05) is 19.8 Å². The van der Waals surface area contributed by atoms with Crippen LogP contribution in [0.5, 0.6) is 0 Å². The summed E-state index contributed by atoms with van der Waals surface area (Å²) < 4.78 is 11.6. The normalized spacial score (nSPS) is 29.7. The Balaban J connectivity index is 1.79. The van der Waals surface area contributed by atoms with Gasteiger partial charge in [-0.3, -0.25) is 0 Å². The van der Waals surface area contributed by atoms with Gasteiger partial charge in [0, 0.05) is 24.6 Å². The molecule has 2 atom stereocenters. The Morgan fingerprint density at radius 2 is 1.94 bits per heavy atom. The Bertz CT molecular complexity index is 243. The van der Waals surface area contributed by atoms with E-state index in [9.17, 15) is 0 Å². The second-order valence-corrected chi connectivity index (χ2v) is 7.52. The molecule has 2 rings (SSSR count). The molecule has 2 aliphatic rings. The second kappa shape index (κ2) is 6.71.